The number of thiophene rings is 1. The zero-order chi connectivity index (χ0) is 23.8. The third-order valence-electron chi connectivity index (χ3n) is 5.83. The van der Waals surface area contributed by atoms with E-state index in [1.165, 1.54) is 11.3 Å². The van der Waals surface area contributed by atoms with E-state index in [-0.39, 0.29) is 24.5 Å². The average Bonchev–Trinajstić information content (AvgIpc) is 3.44. The molecule has 3 rings (SSSR count). The maximum absolute atomic E-state index is 12.6. The Morgan fingerprint density at radius 1 is 1.33 bits per heavy atom. The number of hydrogen-bond acceptors (Lipinski definition) is 6. The van der Waals surface area contributed by atoms with E-state index in [4.69, 9.17) is 9.47 Å². The van der Waals surface area contributed by atoms with Crippen molar-refractivity contribution in [3.8, 4) is 6.07 Å². The number of rotatable bonds is 9. The van der Waals surface area contributed by atoms with E-state index in [1.54, 1.807) is 17.1 Å². The third kappa shape index (κ3) is 6.26. The summed E-state index contributed by atoms with van der Waals surface area (Å²) in [5.41, 5.74) is 2.30. The largest absolute Gasteiger partial charge is 0.494 e. The summed E-state index contributed by atoms with van der Waals surface area (Å²) in [6.45, 7) is 11.5. The lowest BCUT2D eigenvalue weighted by molar-refractivity contribution is -0.116. The lowest BCUT2D eigenvalue weighted by Crippen LogP contribution is -2.34. The van der Waals surface area contributed by atoms with Gasteiger partial charge in [0.15, 0.2) is 0 Å². The molecule has 1 aromatic rings. The van der Waals surface area contributed by atoms with Gasteiger partial charge in [0.25, 0.3) is 0 Å². The Labute approximate surface area is 199 Å². The Morgan fingerprint density at radius 3 is 2.76 bits per heavy atom. The molecule has 1 saturated heterocycles. The second-order valence-corrected chi connectivity index (χ2v) is 9.20. The van der Waals surface area contributed by atoms with Crippen LogP contribution in [0.25, 0.3) is 0 Å². The van der Waals surface area contributed by atoms with Gasteiger partial charge in [0.05, 0.1) is 12.2 Å². The number of likely N-dealkylation sites (tertiary alicyclic amines) is 1. The first-order valence-electron chi connectivity index (χ1n) is 11.4. The molecule has 1 atom stereocenters. The van der Waals surface area contributed by atoms with Crippen LogP contribution in [0.5, 0.6) is 0 Å². The van der Waals surface area contributed by atoms with Crippen LogP contribution in [0.2, 0.25) is 0 Å². The molecule has 8 heteroatoms. The van der Waals surface area contributed by atoms with Crippen molar-refractivity contribution in [2.24, 2.45) is 0 Å². The second-order valence-electron chi connectivity index (χ2n) is 8.09. The molecule has 2 amide bonds. The topological polar surface area (TPSA) is 91.7 Å². The Hall–Kier alpha value is -3.05. The lowest BCUT2D eigenvalue weighted by Gasteiger charge is -2.25. The quantitative estimate of drug-likeness (QED) is 0.402. The van der Waals surface area contributed by atoms with E-state index < -0.39 is 0 Å². The summed E-state index contributed by atoms with van der Waals surface area (Å²) in [6, 6.07) is 2.25. The second kappa shape index (κ2) is 11.7. The number of nitrogens with zero attached hydrogens (tertiary/aromatic N) is 2. The van der Waals surface area contributed by atoms with E-state index in [2.05, 4.69) is 24.5 Å². The predicted molar refractivity (Wildman–Crippen MR) is 129 cm³/mol. The minimum absolute atomic E-state index is 0.179. The molecule has 2 heterocycles. The molecule has 1 N–H and O–H groups in total. The van der Waals surface area contributed by atoms with Gasteiger partial charge in [-0.3, -0.25) is 4.79 Å². The fraction of sp³-hybridized carbons (Fsp3) is 0.480. The highest BCUT2D eigenvalue weighted by molar-refractivity contribution is 7.16. The third-order valence-corrected chi connectivity index (χ3v) is 7.00. The van der Waals surface area contributed by atoms with Crippen molar-refractivity contribution in [2.75, 3.05) is 25.0 Å². The fourth-order valence-corrected chi connectivity index (χ4v) is 5.42. The van der Waals surface area contributed by atoms with E-state index in [1.807, 2.05) is 6.92 Å². The van der Waals surface area contributed by atoms with Crippen molar-refractivity contribution in [1.29, 1.82) is 5.26 Å². The molecule has 0 bridgehead atoms. The fourth-order valence-electron chi connectivity index (χ4n) is 4.14. The molecule has 2 aliphatic rings. The van der Waals surface area contributed by atoms with E-state index in [0.29, 0.717) is 48.6 Å². The van der Waals surface area contributed by atoms with Gasteiger partial charge in [0, 0.05) is 30.8 Å². The summed E-state index contributed by atoms with van der Waals surface area (Å²) >= 11 is 1.40. The Balaban J connectivity index is 1.61. The van der Waals surface area contributed by atoms with Crippen molar-refractivity contribution in [1.82, 2.24) is 4.90 Å². The highest BCUT2D eigenvalue weighted by Crippen LogP contribution is 2.38. The molecule has 0 aromatic carbocycles. The normalized spacial score (nSPS) is 17.6. The number of carbonyl (C=O) groups is 2. The van der Waals surface area contributed by atoms with Crippen molar-refractivity contribution < 1.29 is 19.1 Å². The van der Waals surface area contributed by atoms with Gasteiger partial charge in [-0.05, 0) is 50.2 Å². The number of amides is 2. The van der Waals surface area contributed by atoms with Crippen molar-refractivity contribution in [2.45, 2.75) is 58.0 Å². The monoisotopic (exact) mass is 469 g/mol. The summed E-state index contributed by atoms with van der Waals surface area (Å²) in [7, 11) is 0. The average molecular weight is 470 g/mol. The molecule has 0 spiro atoms. The summed E-state index contributed by atoms with van der Waals surface area (Å²) in [5, 5.41) is 13.2. The number of nitriles is 1. The summed E-state index contributed by atoms with van der Waals surface area (Å²) < 4.78 is 11.2. The molecule has 176 valence electrons. The van der Waals surface area contributed by atoms with Gasteiger partial charge < -0.3 is 19.7 Å². The molecule has 1 aliphatic carbocycles. The van der Waals surface area contributed by atoms with Crippen molar-refractivity contribution in [3.63, 3.8) is 0 Å². The van der Waals surface area contributed by atoms with Gasteiger partial charge >= 0.3 is 6.09 Å². The number of allylic oxidation sites excluding steroid dienone is 3. The molecule has 0 saturated carbocycles. The van der Waals surface area contributed by atoms with Crippen LogP contribution in [0.3, 0.4) is 0 Å². The molecule has 7 nitrogen and oxygen atoms in total. The summed E-state index contributed by atoms with van der Waals surface area (Å²) in [4.78, 5) is 27.7. The number of nitrogens with one attached hydrogen (secondary N) is 1. The van der Waals surface area contributed by atoms with Crippen molar-refractivity contribution >= 4 is 28.3 Å². The first-order chi connectivity index (χ1) is 16.0. The van der Waals surface area contributed by atoms with Crippen LogP contribution in [-0.2, 0) is 27.1 Å². The first kappa shape index (κ1) is 24.6. The van der Waals surface area contributed by atoms with Crippen LogP contribution < -0.4 is 5.32 Å². The molecule has 0 radical (unpaired) electrons. The molecule has 1 fully saturated rings. The maximum Gasteiger partial charge on any atom is 0.410 e. The minimum Gasteiger partial charge on any atom is -0.494 e. The van der Waals surface area contributed by atoms with Gasteiger partial charge in [0.2, 0.25) is 5.91 Å². The summed E-state index contributed by atoms with van der Waals surface area (Å²) in [5.74, 6) is 0.352. The highest BCUT2D eigenvalue weighted by atomic mass is 32.1. The Bertz CT molecular complexity index is 983. The van der Waals surface area contributed by atoms with E-state index in [0.717, 1.165) is 41.9 Å². The van der Waals surface area contributed by atoms with E-state index >= 15 is 0 Å². The molecule has 1 unspecified atom stereocenters. The molecule has 1 aliphatic heterocycles. The molecule has 1 aromatic heterocycles. The number of fused-ring (bicyclic) bond motifs is 1. The van der Waals surface area contributed by atoms with Gasteiger partial charge in [-0.25, -0.2) is 4.79 Å². The van der Waals surface area contributed by atoms with Crippen LogP contribution in [0.4, 0.5) is 9.80 Å². The SMILES string of the molecule is C=C/C=C(/CCC(=O)Nc1sc2c(c1C#N)CCC(OC(=O)N1CCCC1)C2)C(=C)OCC. The molecular weight excluding hydrogens is 438 g/mol. The molecular formula is C25H31N3O4S. The standard InChI is InChI=1S/C25H31N3O4S/c1-4-8-18(17(3)31-5-2)9-12-23(29)27-24-21(16-26)20-11-10-19(15-22(20)33-24)32-25(30)28-13-6-7-14-28/h4,8,19H,1,3,5-7,9-15H2,2H3,(H,27,29)/b18-8-. The first-order valence-corrected chi connectivity index (χ1v) is 12.2. The maximum atomic E-state index is 12.6. The number of ether oxygens (including phenoxy) is 2. The summed E-state index contributed by atoms with van der Waals surface area (Å²) in [6.07, 6.45) is 7.63. The number of carbonyl (C=O) groups excluding carboxylic acids is 2. The van der Waals surface area contributed by atoms with Gasteiger partial charge in [-0.15, -0.1) is 11.3 Å². The zero-order valence-corrected chi connectivity index (χ0v) is 20.0. The predicted octanol–water partition coefficient (Wildman–Crippen LogP) is 5.09. The Kier molecular flexibility index (Phi) is 8.72. The van der Waals surface area contributed by atoms with Crippen LogP contribution in [0.1, 0.15) is 55.0 Å². The Morgan fingerprint density at radius 2 is 2.09 bits per heavy atom. The van der Waals surface area contributed by atoms with Crippen LogP contribution >= 0.6 is 11.3 Å². The highest BCUT2D eigenvalue weighted by Gasteiger charge is 2.30. The van der Waals surface area contributed by atoms with Crippen molar-refractivity contribution in [3.05, 3.63) is 52.6 Å². The van der Waals surface area contributed by atoms with E-state index in [9.17, 15) is 14.9 Å². The number of anilines is 1. The smallest absolute Gasteiger partial charge is 0.410 e. The van der Waals surface area contributed by atoms with Gasteiger partial charge in [-0.1, -0.05) is 25.3 Å². The number of hydrogen-bond donors (Lipinski definition) is 1. The van der Waals surface area contributed by atoms with Crippen LogP contribution in [0.15, 0.2) is 36.6 Å². The lowest BCUT2D eigenvalue weighted by atomic mass is 9.94. The molecule has 33 heavy (non-hydrogen) atoms. The van der Waals surface area contributed by atoms with Gasteiger partial charge in [0.1, 0.15) is 22.9 Å². The van der Waals surface area contributed by atoms with Crippen LogP contribution in [-0.4, -0.2) is 42.7 Å². The minimum atomic E-state index is -0.247. The zero-order valence-electron chi connectivity index (χ0n) is 19.2. The van der Waals surface area contributed by atoms with Crippen LogP contribution in [0, 0.1) is 11.3 Å². The van der Waals surface area contributed by atoms with Gasteiger partial charge in [-0.2, -0.15) is 5.26 Å².